The molecule has 6 nitrogen and oxygen atoms in total. The van der Waals surface area contributed by atoms with Crippen LogP contribution in [-0.2, 0) is 28.6 Å². The first-order chi connectivity index (χ1) is 38.0. The molecule has 0 aromatic rings. The van der Waals surface area contributed by atoms with Crippen molar-refractivity contribution in [3.8, 4) is 0 Å². The maximum atomic E-state index is 12.9. The van der Waals surface area contributed by atoms with Gasteiger partial charge in [0.25, 0.3) is 0 Å². The molecule has 0 aromatic carbocycles. The van der Waals surface area contributed by atoms with E-state index in [4.69, 9.17) is 14.2 Å². The first kappa shape index (κ1) is 73.8. The SMILES string of the molecule is CC/C=C\C/C=C\C/C=C\C/C=C\C/C=C\C/C=C\CCCCC(=O)OC(COC(=O)CCCCCCCCCCCCC)COC(=O)CCCCCCCCCCCCCCCCCCCCCCCCCCCCC. The second-order valence-electron chi connectivity index (χ2n) is 22.4. The first-order valence-corrected chi connectivity index (χ1v) is 33.4. The van der Waals surface area contributed by atoms with Crippen LogP contribution in [0.15, 0.2) is 72.9 Å². The van der Waals surface area contributed by atoms with Gasteiger partial charge in [0.2, 0.25) is 0 Å². The molecule has 0 fully saturated rings. The third-order valence-corrected chi connectivity index (χ3v) is 14.7. The summed E-state index contributed by atoms with van der Waals surface area (Å²) in [6, 6.07) is 0. The molecule has 0 rings (SSSR count). The van der Waals surface area contributed by atoms with E-state index in [1.807, 2.05) is 0 Å². The van der Waals surface area contributed by atoms with Crippen LogP contribution >= 0.6 is 0 Å². The van der Waals surface area contributed by atoms with Gasteiger partial charge in [0.15, 0.2) is 6.10 Å². The monoisotopic (exact) mass is 1070 g/mol. The quantitative estimate of drug-likeness (QED) is 0.0261. The van der Waals surface area contributed by atoms with Gasteiger partial charge in [0.1, 0.15) is 13.2 Å². The molecule has 0 heterocycles. The highest BCUT2D eigenvalue weighted by atomic mass is 16.6. The van der Waals surface area contributed by atoms with E-state index in [0.29, 0.717) is 19.3 Å². The highest BCUT2D eigenvalue weighted by Gasteiger charge is 2.19. The normalized spacial score (nSPS) is 12.5. The van der Waals surface area contributed by atoms with Crippen molar-refractivity contribution in [1.29, 1.82) is 0 Å². The molecule has 0 aromatic heterocycles. The van der Waals surface area contributed by atoms with Crippen LogP contribution in [0.5, 0.6) is 0 Å². The Labute approximate surface area is 478 Å². The van der Waals surface area contributed by atoms with E-state index in [1.165, 1.54) is 205 Å². The van der Waals surface area contributed by atoms with Gasteiger partial charge in [-0.15, -0.1) is 0 Å². The van der Waals surface area contributed by atoms with Crippen LogP contribution in [-0.4, -0.2) is 37.2 Å². The fraction of sp³-hybridized carbons (Fsp3) is 0.789. The molecule has 0 aliphatic heterocycles. The summed E-state index contributed by atoms with van der Waals surface area (Å²) in [5, 5.41) is 0. The number of ether oxygens (including phenoxy) is 3. The second kappa shape index (κ2) is 65.4. The summed E-state index contributed by atoms with van der Waals surface area (Å²) in [5.41, 5.74) is 0. The minimum absolute atomic E-state index is 0.0889. The van der Waals surface area contributed by atoms with Crippen molar-refractivity contribution in [3.63, 3.8) is 0 Å². The van der Waals surface area contributed by atoms with Crippen LogP contribution in [0.25, 0.3) is 0 Å². The average Bonchev–Trinajstić information content (AvgIpc) is 3.43. The lowest BCUT2D eigenvalue weighted by atomic mass is 10.0. The Balaban J connectivity index is 4.26. The predicted octanol–water partition coefficient (Wildman–Crippen LogP) is 22.9. The van der Waals surface area contributed by atoms with Gasteiger partial charge in [0.05, 0.1) is 0 Å². The van der Waals surface area contributed by atoms with Crippen molar-refractivity contribution in [2.75, 3.05) is 13.2 Å². The predicted molar refractivity (Wildman–Crippen MR) is 335 cm³/mol. The van der Waals surface area contributed by atoms with Crippen LogP contribution in [0.2, 0.25) is 0 Å². The topological polar surface area (TPSA) is 78.9 Å². The highest BCUT2D eigenvalue weighted by molar-refractivity contribution is 5.71. The van der Waals surface area contributed by atoms with E-state index in [2.05, 4.69) is 93.7 Å². The Hall–Kier alpha value is -3.15. The first-order valence-electron chi connectivity index (χ1n) is 33.4. The van der Waals surface area contributed by atoms with Gasteiger partial charge in [-0.05, 0) is 70.6 Å². The number of esters is 3. The van der Waals surface area contributed by atoms with Gasteiger partial charge in [0, 0.05) is 19.3 Å². The van der Waals surface area contributed by atoms with E-state index in [1.54, 1.807) is 0 Å². The Bertz CT molecular complexity index is 1420. The second-order valence-corrected chi connectivity index (χ2v) is 22.4. The Morgan fingerprint density at radius 2 is 0.506 bits per heavy atom. The van der Waals surface area contributed by atoms with Crippen LogP contribution < -0.4 is 0 Å². The van der Waals surface area contributed by atoms with Crippen molar-refractivity contribution in [1.82, 2.24) is 0 Å². The smallest absolute Gasteiger partial charge is 0.306 e. The number of hydrogen-bond donors (Lipinski definition) is 0. The van der Waals surface area contributed by atoms with Crippen LogP contribution in [0.3, 0.4) is 0 Å². The Morgan fingerprint density at radius 3 is 0.792 bits per heavy atom. The lowest BCUT2D eigenvalue weighted by Crippen LogP contribution is -2.30. The van der Waals surface area contributed by atoms with Crippen LogP contribution in [0.1, 0.15) is 342 Å². The van der Waals surface area contributed by atoms with Crippen LogP contribution in [0.4, 0.5) is 0 Å². The van der Waals surface area contributed by atoms with Gasteiger partial charge < -0.3 is 14.2 Å². The van der Waals surface area contributed by atoms with E-state index < -0.39 is 6.10 Å². The molecule has 0 bridgehead atoms. The largest absolute Gasteiger partial charge is 0.462 e. The molecule has 0 aliphatic carbocycles. The zero-order valence-corrected chi connectivity index (χ0v) is 51.2. The molecule has 0 saturated carbocycles. The molecule has 1 atom stereocenters. The lowest BCUT2D eigenvalue weighted by molar-refractivity contribution is -0.167. The van der Waals surface area contributed by atoms with Crippen molar-refractivity contribution >= 4 is 17.9 Å². The zero-order valence-electron chi connectivity index (χ0n) is 51.2. The van der Waals surface area contributed by atoms with E-state index in [9.17, 15) is 14.4 Å². The molecule has 0 radical (unpaired) electrons. The number of rotatable bonds is 61. The third-order valence-electron chi connectivity index (χ3n) is 14.7. The van der Waals surface area contributed by atoms with Crippen molar-refractivity contribution in [2.45, 2.75) is 348 Å². The summed E-state index contributed by atoms with van der Waals surface area (Å²) >= 11 is 0. The molecular weight excluding hydrogens is 949 g/mol. The van der Waals surface area contributed by atoms with Gasteiger partial charge >= 0.3 is 17.9 Å². The number of carbonyl (C=O) groups excluding carboxylic acids is 3. The number of allylic oxidation sites excluding steroid dienone is 12. The zero-order chi connectivity index (χ0) is 55.7. The summed E-state index contributed by atoms with van der Waals surface area (Å²) in [4.78, 5) is 38.3. The fourth-order valence-corrected chi connectivity index (χ4v) is 9.74. The highest BCUT2D eigenvalue weighted by Crippen LogP contribution is 2.18. The maximum Gasteiger partial charge on any atom is 0.306 e. The number of carbonyl (C=O) groups is 3. The molecule has 446 valence electrons. The standard InChI is InChI=1S/C71H126O6/c1-4-7-10-13-16-19-22-24-26-28-30-32-33-34-35-36-37-39-40-42-44-46-49-52-55-58-61-64-70(73)76-67-68(66-75-69(72)63-60-57-54-51-48-21-18-15-12-9-6-3)77-71(74)65-62-59-56-53-50-47-45-43-41-38-31-29-27-25-23-20-17-14-11-8-5-2/h8,11,17,20,25,27,31,38,43,45,50,53,68H,4-7,9-10,12-16,18-19,21-24,26,28-30,32-37,39-42,44,46-49,51-52,54-67H2,1-3H3/b11-8-,20-17-,27-25-,38-31-,45-43-,53-50-. The number of hydrogen-bond acceptors (Lipinski definition) is 6. The molecule has 0 aliphatic rings. The number of unbranched alkanes of at least 4 members (excludes halogenated alkanes) is 38. The average molecular weight is 1080 g/mol. The van der Waals surface area contributed by atoms with Crippen molar-refractivity contribution in [2.24, 2.45) is 0 Å². The Kier molecular flexibility index (Phi) is 62.7. The molecule has 0 spiro atoms. The molecule has 0 N–H and O–H groups in total. The van der Waals surface area contributed by atoms with Crippen molar-refractivity contribution in [3.05, 3.63) is 72.9 Å². The molecule has 77 heavy (non-hydrogen) atoms. The summed E-state index contributed by atoms with van der Waals surface area (Å²) < 4.78 is 16.9. The summed E-state index contributed by atoms with van der Waals surface area (Å²) in [6.07, 6.45) is 85.1. The minimum atomic E-state index is -0.796. The van der Waals surface area contributed by atoms with Crippen molar-refractivity contribution < 1.29 is 28.6 Å². The molecule has 0 amide bonds. The fourth-order valence-electron chi connectivity index (χ4n) is 9.74. The summed E-state index contributed by atoms with van der Waals surface area (Å²) in [6.45, 7) is 6.53. The lowest BCUT2D eigenvalue weighted by Gasteiger charge is -2.18. The molecule has 6 heteroatoms. The van der Waals surface area contributed by atoms with E-state index >= 15 is 0 Å². The Morgan fingerprint density at radius 1 is 0.273 bits per heavy atom. The summed E-state index contributed by atoms with van der Waals surface area (Å²) in [5.74, 6) is -0.916. The molecule has 0 saturated heterocycles. The van der Waals surface area contributed by atoms with Gasteiger partial charge in [-0.2, -0.15) is 0 Å². The van der Waals surface area contributed by atoms with Gasteiger partial charge in [-0.1, -0.05) is 325 Å². The van der Waals surface area contributed by atoms with Gasteiger partial charge in [-0.25, -0.2) is 0 Å². The molecular formula is C71H126O6. The third kappa shape index (κ3) is 63.6. The van der Waals surface area contributed by atoms with E-state index in [-0.39, 0.29) is 37.5 Å². The maximum absolute atomic E-state index is 12.9. The summed E-state index contributed by atoms with van der Waals surface area (Å²) in [7, 11) is 0. The molecule has 1 unspecified atom stereocenters. The minimum Gasteiger partial charge on any atom is -0.462 e. The van der Waals surface area contributed by atoms with Gasteiger partial charge in [-0.3, -0.25) is 14.4 Å². The van der Waals surface area contributed by atoms with Crippen LogP contribution in [0, 0.1) is 0 Å². The van der Waals surface area contributed by atoms with E-state index in [0.717, 1.165) is 89.9 Å².